The molecule has 150 valence electrons. The fraction of sp³-hybridized carbons (Fsp3) is 0.0833. The molecule has 5 aromatic heterocycles. The Labute approximate surface area is 182 Å². The summed E-state index contributed by atoms with van der Waals surface area (Å²) in [5, 5.41) is 7.62. The van der Waals surface area contributed by atoms with Gasteiger partial charge in [0.15, 0.2) is 11.5 Å². The summed E-state index contributed by atoms with van der Waals surface area (Å²) in [6.45, 7) is 4.18. The molecule has 0 radical (unpaired) electrons. The van der Waals surface area contributed by atoms with Gasteiger partial charge in [-0.3, -0.25) is 10.1 Å². The van der Waals surface area contributed by atoms with Crippen LogP contribution in [0.2, 0.25) is 0 Å². The number of pyridine rings is 2. The van der Waals surface area contributed by atoms with E-state index in [-0.39, 0.29) is 0 Å². The summed E-state index contributed by atoms with van der Waals surface area (Å²) in [4.78, 5) is 20.0. The lowest BCUT2D eigenvalue weighted by molar-refractivity contribution is 1.10. The molecule has 0 aliphatic carbocycles. The maximum absolute atomic E-state index is 4.93. The molecular formula is C24H18N6S. The second kappa shape index (κ2) is 6.85. The van der Waals surface area contributed by atoms with Gasteiger partial charge in [-0.05, 0) is 55.8 Å². The van der Waals surface area contributed by atoms with Crippen molar-refractivity contribution >= 4 is 33.4 Å². The average Bonchev–Trinajstić information content (AvgIpc) is 3.50. The number of H-pyrrole nitrogens is 2. The van der Waals surface area contributed by atoms with Crippen molar-refractivity contribution < 1.29 is 0 Å². The number of imidazole rings is 1. The standard InChI is InChI=1S/C24H18N6S/c1-13-10-11-25-12-16(13)17-7-8-19-22(26-17)23(30-29-19)24-27-18-5-3-4-15(21(18)28-24)20-9-6-14(2)31-20/h3-12H,1-2H3,(H,27,28)(H,29,30). The monoisotopic (exact) mass is 422 g/mol. The zero-order valence-electron chi connectivity index (χ0n) is 17.0. The van der Waals surface area contributed by atoms with E-state index in [4.69, 9.17) is 9.97 Å². The van der Waals surface area contributed by atoms with E-state index in [0.29, 0.717) is 11.5 Å². The maximum Gasteiger partial charge on any atom is 0.161 e. The highest BCUT2D eigenvalue weighted by Gasteiger charge is 2.17. The van der Waals surface area contributed by atoms with Gasteiger partial charge in [0.05, 0.1) is 22.2 Å². The molecule has 5 heterocycles. The third-order valence-corrected chi connectivity index (χ3v) is 6.50. The number of nitrogens with one attached hydrogen (secondary N) is 2. The molecule has 1 aromatic carbocycles. The normalized spacial score (nSPS) is 11.5. The predicted octanol–water partition coefficient (Wildman–Crippen LogP) is 5.91. The minimum Gasteiger partial charge on any atom is -0.336 e. The Morgan fingerprint density at radius 2 is 1.77 bits per heavy atom. The largest absolute Gasteiger partial charge is 0.336 e. The lowest BCUT2D eigenvalue weighted by Crippen LogP contribution is -1.90. The van der Waals surface area contributed by atoms with Crippen LogP contribution >= 0.6 is 11.3 Å². The van der Waals surface area contributed by atoms with Crippen molar-refractivity contribution in [3.05, 3.63) is 71.4 Å². The van der Waals surface area contributed by atoms with Crippen molar-refractivity contribution in [3.8, 4) is 33.2 Å². The number of hydrogen-bond donors (Lipinski definition) is 2. The summed E-state index contributed by atoms with van der Waals surface area (Å²) in [5.41, 5.74) is 8.42. The number of fused-ring (bicyclic) bond motifs is 2. The average molecular weight is 423 g/mol. The minimum absolute atomic E-state index is 0.703. The van der Waals surface area contributed by atoms with Crippen molar-refractivity contribution in [3.63, 3.8) is 0 Å². The number of aromatic nitrogens is 6. The second-order valence-electron chi connectivity index (χ2n) is 7.55. The van der Waals surface area contributed by atoms with Crippen molar-refractivity contribution in [2.45, 2.75) is 13.8 Å². The minimum atomic E-state index is 0.703. The third kappa shape index (κ3) is 2.93. The number of aromatic amines is 2. The Morgan fingerprint density at radius 1 is 0.839 bits per heavy atom. The molecule has 0 atom stereocenters. The van der Waals surface area contributed by atoms with Crippen LogP contribution in [0.1, 0.15) is 10.4 Å². The molecule has 6 nitrogen and oxygen atoms in total. The second-order valence-corrected chi connectivity index (χ2v) is 8.84. The molecule has 0 aliphatic heterocycles. The van der Waals surface area contributed by atoms with Crippen molar-refractivity contribution in [1.82, 2.24) is 30.1 Å². The van der Waals surface area contributed by atoms with E-state index in [1.54, 1.807) is 17.5 Å². The Morgan fingerprint density at radius 3 is 2.61 bits per heavy atom. The maximum atomic E-state index is 4.93. The number of para-hydroxylation sites is 1. The lowest BCUT2D eigenvalue weighted by atomic mass is 10.1. The van der Waals surface area contributed by atoms with Gasteiger partial charge < -0.3 is 4.98 Å². The van der Waals surface area contributed by atoms with Crippen LogP contribution in [0.3, 0.4) is 0 Å². The Kier molecular flexibility index (Phi) is 3.97. The first-order valence-electron chi connectivity index (χ1n) is 9.99. The fourth-order valence-electron chi connectivity index (χ4n) is 3.87. The number of aryl methyl sites for hydroxylation is 2. The molecule has 31 heavy (non-hydrogen) atoms. The molecule has 0 saturated carbocycles. The van der Waals surface area contributed by atoms with Crippen LogP contribution in [0.4, 0.5) is 0 Å². The van der Waals surface area contributed by atoms with Crippen LogP contribution in [-0.2, 0) is 0 Å². The van der Waals surface area contributed by atoms with Crippen LogP contribution in [0.25, 0.3) is 55.3 Å². The molecular weight excluding hydrogens is 404 g/mol. The Balaban J connectivity index is 1.52. The molecule has 0 saturated heterocycles. The molecule has 6 aromatic rings. The first kappa shape index (κ1) is 18.0. The summed E-state index contributed by atoms with van der Waals surface area (Å²) in [5.74, 6) is 0.703. The van der Waals surface area contributed by atoms with Crippen LogP contribution in [0.5, 0.6) is 0 Å². The molecule has 0 unspecified atom stereocenters. The van der Waals surface area contributed by atoms with Crippen LogP contribution in [0.15, 0.2) is 60.9 Å². The highest BCUT2D eigenvalue weighted by molar-refractivity contribution is 7.15. The van der Waals surface area contributed by atoms with E-state index < -0.39 is 0 Å². The molecule has 0 bridgehead atoms. The number of nitrogens with zero attached hydrogens (tertiary/aromatic N) is 4. The fourth-order valence-corrected chi connectivity index (χ4v) is 4.76. The number of rotatable bonds is 3. The summed E-state index contributed by atoms with van der Waals surface area (Å²) >= 11 is 1.77. The van der Waals surface area contributed by atoms with Gasteiger partial charge in [0.1, 0.15) is 5.52 Å². The molecule has 0 spiro atoms. The third-order valence-electron chi connectivity index (χ3n) is 5.47. The first-order chi connectivity index (χ1) is 15.2. The molecule has 2 N–H and O–H groups in total. The summed E-state index contributed by atoms with van der Waals surface area (Å²) in [7, 11) is 0. The summed E-state index contributed by atoms with van der Waals surface area (Å²) in [6, 6.07) is 16.5. The molecule has 0 amide bonds. The highest BCUT2D eigenvalue weighted by atomic mass is 32.1. The first-order valence-corrected chi connectivity index (χ1v) is 10.8. The number of thiophene rings is 1. The summed E-state index contributed by atoms with van der Waals surface area (Å²) in [6.07, 6.45) is 3.64. The van der Waals surface area contributed by atoms with Crippen molar-refractivity contribution in [1.29, 1.82) is 0 Å². The van der Waals surface area contributed by atoms with Crippen LogP contribution in [0, 0.1) is 13.8 Å². The SMILES string of the molecule is Cc1ccc(-c2cccc3[nH]c(-c4n[nH]c5ccc(-c6cnccc6C)nc45)nc23)s1. The zero-order chi connectivity index (χ0) is 20.9. The topological polar surface area (TPSA) is 83.1 Å². The van der Waals surface area contributed by atoms with Crippen LogP contribution < -0.4 is 0 Å². The van der Waals surface area contributed by atoms with E-state index in [1.807, 2.05) is 30.5 Å². The van der Waals surface area contributed by atoms with Gasteiger partial charge in [0.2, 0.25) is 0 Å². The number of benzene rings is 1. The molecule has 0 aliphatic rings. The van der Waals surface area contributed by atoms with E-state index >= 15 is 0 Å². The quantitative estimate of drug-likeness (QED) is 0.371. The highest BCUT2D eigenvalue weighted by Crippen LogP contribution is 2.34. The predicted molar refractivity (Wildman–Crippen MR) is 125 cm³/mol. The zero-order valence-corrected chi connectivity index (χ0v) is 17.8. The Hall–Kier alpha value is -3.84. The van der Waals surface area contributed by atoms with E-state index in [1.165, 1.54) is 9.75 Å². The molecule has 6 rings (SSSR count). The summed E-state index contributed by atoms with van der Waals surface area (Å²) < 4.78 is 0. The van der Waals surface area contributed by atoms with Crippen LogP contribution in [-0.4, -0.2) is 30.1 Å². The molecule has 0 fully saturated rings. The van der Waals surface area contributed by atoms with Gasteiger partial charge in [-0.25, -0.2) is 9.97 Å². The molecule has 7 heteroatoms. The van der Waals surface area contributed by atoms with Crippen molar-refractivity contribution in [2.24, 2.45) is 0 Å². The van der Waals surface area contributed by atoms with Gasteiger partial charge in [-0.2, -0.15) is 5.10 Å². The smallest absolute Gasteiger partial charge is 0.161 e. The number of hydrogen-bond acceptors (Lipinski definition) is 5. The van der Waals surface area contributed by atoms with Gasteiger partial charge in [0.25, 0.3) is 0 Å². The Bertz CT molecular complexity index is 1570. The van der Waals surface area contributed by atoms with Crippen molar-refractivity contribution in [2.75, 3.05) is 0 Å². The van der Waals surface area contributed by atoms with E-state index in [9.17, 15) is 0 Å². The van der Waals surface area contributed by atoms with E-state index in [2.05, 4.69) is 58.3 Å². The van der Waals surface area contributed by atoms with Gasteiger partial charge in [-0.1, -0.05) is 12.1 Å². The van der Waals surface area contributed by atoms with Gasteiger partial charge >= 0.3 is 0 Å². The lowest BCUT2D eigenvalue weighted by Gasteiger charge is -2.04. The van der Waals surface area contributed by atoms with Gasteiger partial charge in [-0.15, -0.1) is 11.3 Å². The van der Waals surface area contributed by atoms with Gasteiger partial charge in [0, 0.05) is 33.3 Å². The van der Waals surface area contributed by atoms with E-state index in [0.717, 1.165) is 44.5 Å².